The van der Waals surface area contributed by atoms with Crippen LogP contribution in [-0.4, -0.2) is 60.4 Å². The van der Waals surface area contributed by atoms with Gasteiger partial charge in [0.2, 0.25) is 0 Å². The third-order valence-electron chi connectivity index (χ3n) is 5.82. The number of carbonyl (C=O) groups excluding carboxylic acids is 1. The summed E-state index contributed by atoms with van der Waals surface area (Å²) in [5.74, 6) is -0.374. The molecule has 1 aliphatic heterocycles. The van der Waals surface area contributed by atoms with E-state index in [9.17, 15) is 23.1 Å². The van der Waals surface area contributed by atoms with Crippen LogP contribution in [0.1, 0.15) is 18.2 Å². The normalized spacial score (nSPS) is 19.6. The van der Waals surface area contributed by atoms with Crippen LogP contribution >= 0.6 is 11.6 Å². The highest BCUT2D eigenvalue weighted by molar-refractivity contribution is 6.30. The van der Waals surface area contributed by atoms with Crippen molar-refractivity contribution in [3.05, 3.63) is 65.7 Å². The number of anilines is 1. The van der Waals surface area contributed by atoms with Gasteiger partial charge in [-0.05, 0) is 11.6 Å². The van der Waals surface area contributed by atoms with E-state index in [0.29, 0.717) is 34.1 Å². The van der Waals surface area contributed by atoms with E-state index >= 15 is 0 Å². The van der Waals surface area contributed by atoms with Crippen LogP contribution in [0.4, 0.5) is 19.0 Å². The molecule has 4 heterocycles. The molecule has 0 radical (unpaired) electrons. The molecule has 0 spiro atoms. The number of fused-ring (bicyclic) bond motifs is 1. The van der Waals surface area contributed by atoms with Crippen LogP contribution in [0.2, 0.25) is 5.02 Å². The number of amides is 1. The summed E-state index contributed by atoms with van der Waals surface area (Å²) in [6, 6.07) is 11.3. The Morgan fingerprint density at radius 3 is 2.74 bits per heavy atom. The summed E-state index contributed by atoms with van der Waals surface area (Å²) < 4.78 is 44.7. The van der Waals surface area contributed by atoms with E-state index in [4.69, 9.17) is 16.3 Å². The number of nitrogens with one attached hydrogen (secondary N) is 2. The fraction of sp³-hybridized carbons (Fsp3) is 0.292. The fourth-order valence-electron chi connectivity index (χ4n) is 4.04. The number of aliphatic hydroxyl groups is 1. The first-order valence-corrected chi connectivity index (χ1v) is 11.9. The van der Waals surface area contributed by atoms with Gasteiger partial charge >= 0.3 is 6.18 Å². The van der Waals surface area contributed by atoms with Crippen molar-refractivity contribution in [2.45, 2.75) is 37.6 Å². The van der Waals surface area contributed by atoms with Gasteiger partial charge in [0.15, 0.2) is 28.9 Å². The number of hydrogen-bond donors (Lipinski definition) is 3. The minimum absolute atomic E-state index is 0.0690. The largest absolute Gasteiger partial charge is 0.405 e. The van der Waals surface area contributed by atoms with Crippen molar-refractivity contribution in [1.29, 1.82) is 0 Å². The third-order valence-corrected chi connectivity index (χ3v) is 6.02. The molecule has 10 nitrogen and oxygen atoms in total. The maximum Gasteiger partial charge on any atom is 0.405 e. The number of hydrogen-bond acceptors (Lipinski definition) is 8. The standard InChI is InChI=1S/C24H21ClF3N7O3/c25-15-6-14(9-29-10-15)20-33-21(30-8-13-4-2-1-3-5-13)18-22(34-20)35(12-32-18)17-7-16(36)19(38-17)23(37)31-11-24(26,27)28/h1-6,9-10,12,16-17,19,36H,7-8,11H2,(H,31,37)(H,30,33,34)/t16-,17+,19-/m0/s1. The summed E-state index contributed by atoms with van der Waals surface area (Å²) >= 11 is 6.12. The van der Waals surface area contributed by atoms with Crippen LogP contribution in [0, 0.1) is 0 Å². The lowest BCUT2D eigenvalue weighted by Crippen LogP contribution is -2.43. The smallest absolute Gasteiger partial charge is 0.390 e. The van der Waals surface area contributed by atoms with Crippen LogP contribution in [0.3, 0.4) is 0 Å². The molecule has 198 valence electrons. The zero-order chi connectivity index (χ0) is 26.9. The summed E-state index contributed by atoms with van der Waals surface area (Å²) in [6.07, 6.45) is -3.97. The molecule has 1 fully saturated rings. The summed E-state index contributed by atoms with van der Waals surface area (Å²) in [6.45, 7) is -1.09. The number of imidazole rings is 1. The lowest BCUT2D eigenvalue weighted by Gasteiger charge is -2.16. The molecule has 1 aromatic carbocycles. The predicted octanol–water partition coefficient (Wildman–Crippen LogP) is 3.48. The van der Waals surface area contributed by atoms with Crippen molar-refractivity contribution in [3.8, 4) is 11.4 Å². The van der Waals surface area contributed by atoms with Crippen molar-refractivity contribution < 1.29 is 27.8 Å². The Morgan fingerprint density at radius 2 is 2.00 bits per heavy atom. The van der Waals surface area contributed by atoms with Crippen LogP contribution in [0.15, 0.2) is 55.1 Å². The number of benzene rings is 1. The molecule has 38 heavy (non-hydrogen) atoms. The molecule has 0 aliphatic carbocycles. The van der Waals surface area contributed by atoms with E-state index in [-0.39, 0.29) is 12.2 Å². The van der Waals surface area contributed by atoms with E-state index in [1.807, 2.05) is 30.3 Å². The molecule has 0 saturated carbocycles. The van der Waals surface area contributed by atoms with Gasteiger partial charge < -0.3 is 20.5 Å². The third kappa shape index (κ3) is 5.69. The highest BCUT2D eigenvalue weighted by Crippen LogP contribution is 2.33. The quantitative estimate of drug-likeness (QED) is 0.321. The summed E-state index contributed by atoms with van der Waals surface area (Å²) in [5, 5.41) is 15.8. The fourth-order valence-corrected chi connectivity index (χ4v) is 4.22. The molecule has 14 heteroatoms. The van der Waals surface area contributed by atoms with Gasteiger partial charge in [0.25, 0.3) is 5.91 Å². The van der Waals surface area contributed by atoms with Gasteiger partial charge in [-0.2, -0.15) is 13.2 Å². The first-order valence-electron chi connectivity index (χ1n) is 11.5. The number of carbonyl (C=O) groups is 1. The Balaban J connectivity index is 1.47. The lowest BCUT2D eigenvalue weighted by atomic mass is 10.1. The number of aliphatic hydroxyl groups excluding tert-OH is 1. The van der Waals surface area contributed by atoms with Gasteiger partial charge in [-0.1, -0.05) is 41.9 Å². The Labute approximate surface area is 218 Å². The van der Waals surface area contributed by atoms with Gasteiger partial charge in [-0.25, -0.2) is 15.0 Å². The van der Waals surface area contributed by atoms with Gasteiger partial charge in [-0.15, -0.1) is 0 Å². The van der Waals surface area contributed by atoms with Crippen LogP contribution in [0.25, 0.3) is 22.6 Å². The van der Waals surface area contributed by atoms with Crippen molar-refractivity contribution in [1.82, 2.24) is 29.8 Å². The van der Waals surface area contributed by atoms with Gasteiger partial charge in [0, 0.05) is 30.9 Å². The van der Waals surface area contributed by atoms with Crippen LogP contribution in [0.5, 0.6) is 0 Å². The van der Waals surface area contributed by atoms with Gasteiger partial charge in [-0.3, -0.25) is 14.3 Å². The minimum Gasteiger partial charge on any atom is -0.390 e. The number of aromatic nitrogens is 5. The molecule has 1 amide bonds. The van der Waals surface area contributed by atoms with Crippen LogP contribution in [-0.2, 0) is 16.1 Å². The molecule has 3 N–H and O–H groups in total. The summed E-state index contributed by atoms with van der Waals surface area (Å²) in [5.41, 5.74) is 2.24. The number of alkyl halides is 3. The monoisotopic (exact) mass is 547 g/mol. The molecule has 5 rings (SSSR count). The first-order chi connectivity index (χ1) is 18.2. The van der Waals surface area contributed by atoms with Gasteiger partial charge in [0.05, 0.1) is 17.5 Å². The Hall–Kier alpha value is -3.81. The van der Waals surface area contributed by atoms with Crippen molar-refractivity contribution in [2.24, 2.45) is 0 Å². The van der Waals surface area contributed by atoms with Gasteiger partial charge in [0.1, 0.15) is 12.8 Å². The SMILES string of the molecule is O=C(NCC(F)(F)F)[C@H]1O[C@@H](n2cnc3c(NCc4ccccc4)nc(-c4cncc(Cl)c4)nc32)C[C@@H]1O. The second kappa shape index (κ2) is 10.5. The summed E-state index contributed by atoms with van der Waals surface area (Å²) in [4.78, 5) is 30.0. The van der Waals surface area contributed by atoms with Crippen molar-refractivity contribution >= 4 is 34.5 Å². The Morgan fingerprint density at radius 1 is 1.21 bits per heavy atom. The Kier molecular flexibility index (Phi) is 7.15. The molecule has 0 bridgehead atoms. The number of pyridine rings is 1. The van der Waals surface area contributed by atoms with E-state index in [0.717, 1.165) is 5.56 Å². The summed E-state index contributed by atoms with van der Waals surface area (Å²) in [7, 11) is 0. The highest BCUT2D eigenvalue weighted by atomic mass is 35.5. The maximum absolute atomic E-state index is 12.5. The lowest BCUT2D eigenvalue weighted by molar-refractivity contribution is -0.149. The zero-order valence-corrected chi connectivity index (χ0v) is 20.3. The predicted molar refractivity (Wildman–Crippen MR) is 131 cm³/mol. The second-order valence-corrected chi connectivity index (χ2v) is 9.03. The number of halogens is 4. The number of ether oxygens (including phenoxy) is 1. The van der Waals surface area contributed by atoms with Crippen LogP contribution < -0.4 is 10.6 Å². The number of nitrogens with zero attached hydrogens (tertiary/aromatic N) is 5. The van der Waals surface area contributed by atoms with E-state index in [2.05, 4.69) is 25.3 Å². The molecule has 3 aromatic heterocycles. The molecular weight excluding hydrogens is 527 g/mol. The topological polar surface area (TPSA) is 127 Å². The average Bonchev–Trinajstić information content (AvgIpc) is 3.49. The van der Waals surface area contributed by atoms with E-state index in [1.54, 1.807) is 17.6 Å². The number of rotatable bonds is 7. The minimum atomic E-state index is -4.59. The zero-order valence-electron chi connectivity index (χ0n) is 19.6. The van der Waals surface area contributed by atoms with E-state index < -0.39 is 37.1 Å². The van der Waals surface area contributed by atoms with E-state index in [1.165, 1.54) is 17.1 Å². The molecule has 1 saturated heterocycles. The van der Waals surface area contributed by atoms with Crippen molar-refractivity contribution in [3.63, 3.8) is 0 Å². The van der Waals surface area contributed by atoms with Crippen molar-refractivity contribution in [2.75, 3.05) is 11.9 Å². The molecule has 1 aliphatic rings. The molecule has 0 unspecified atom stereocenters. The Bertz CT molecular complexity index is 1450. The highest BCUT2D eigenvalue weighted by Gasteiger charge is 2.41. The maximum atomic E-state index is 12.5. The molecular formula is C24H21ClF3N7O3. The molecule has 4 aromatic rings. The second-order valence-electron chi connectivity index (χ2n) is 8.60. The first kappa shape index (κ1) is 25.8. The molecule has 3 atom stereocenters. The average molecular weight is 548 g/mol.